The fourth-order valence-electron chi connectivity index (χ4n) is 1.21. The molecule has 0 aromatic rings. The van der Waals surface area contributed by atoms with E-state index < -0.39 is 0 Å². The van der Waals surface area contributed by atoms with Gasteiger partial charge in [-0.25, -0.2) is 3.11 Å². The van der Waals surface area contributed by atoms with Crippen LogP contribution in [0.5, 0.6) is 0 Å². The summed E-state index contributed by atoms with van der Waals surface area (Å²) in [4.78, 5) is 0. The second-order valence-electron chi connectivity index (χ2n) is 2.89. The minimum Gasteiger partial charge on any atom is -0.382 e. The monoisotopic (exact) mass is 286 g/mol. The zero-order valence-corrected chi connectivity index (χ0v) is 9.36. The van der Waals surface area contributed by atoms with Crippen LogP contribution in [0.15, 0.2) is 0 Å². The number of hydrogen-bond donors (Lipinski definition) is 1. The molecular weight excluding hydrogens is 271 g/mol. The zero-order chi connectivity index (χ0) is 8.97. The Balaban J connectivity index is 2.15. The van der Waals surface area contributed by atoms with E-state index in [0.29, 0.717) is 13.2 Å². The van der Waals surface area contributed by atoms with Gasteiger partial charge in [0.1, 0.15) is 0 Å². The summed E-state index contributed by atoms with van der Waals surface area (Å²) in [5.74, 6) is 0. The van der Waals surface area contributed by atoms with Crippen LogP contribution >= 0.6 is 22.9 Å². The third kappa shape index (κ3) is 3.14. The highest BCUT2D eigenvalue weighted by atomic mass is 127. The van der Waals surface area contributed by atoms with Crippen molar-refractivity contribution in [2.75, 3.05) is 33.4 Å². The van der Waals surface area contributed by atoms with E-state index in [0.717, 1.165) is 13.1 Å². The van der Waals surface area contributed by atoms with E-state index in [2.05, 4.69) is 26.0 Å². The van der Waals surface area contributed by atoms with Crippen LogP contribution in [0.3, 0.4) is 0 Å². The molecule has 0 radical (unpaired) electrons. The molecule has 2 atom stereocenters. The molecule has 1 aliphatic rings. The molecule has 0 aromatic heterocycles. The normalized spacial score (nSPS) is 31.2. The average molecular weight is 286 g/mol. The second kappa shape index (κ2) is 5.33. The van der Waals surface area contributed by atoms with Crippen molar-refractivity contribution in [1.82, 2.24) is 3.11 Å². The van der Waals surface area contributed by atoms with Gasteiger partial charge in [-0.3, -0.25) is 0 Å². The first-order valence-corrected chi connectivity index (χ1v) is 4.97. The molecule has 4 nitrogen and oxygen atoms in total. The summed E-state index contributed by atoms with van der Waals surface area (Å²) in [7, 11) is 1.67. The Labute approximate surface area is 86.9 Å². The summed E-state index contributed by atoms with van der Waals surface area (Å²) in [5, 5.41) is 0. The smallest absolute Gasteiger partial charge is 0.0874 e. The van der Waals surface area contributed by atoms with Gasteiger partial charge in [-0.05, 0) is 0 Å². The standard InChI is InChI=1S/C7H15IN2O2/c1-11-2-3-12-7-5-10(8)4-6(7)9/h6-7H,2-5,9H2,1H3. The van der Waals surface area contributed by atoms with E-state index in [1.807, 2.05) is 0 Å². The van der Waals surface area contributed by atoms with Gasteiger partial charge in [0.15, 0.2) is 0 Å². The molecule has 1 saturated heterocycles. The van der Waals surface area contributed by atoms with E-state index in [-0.39, 0.29) is 12.1 Å². The van der Waals surface area contributed by atoms with Crippen LogP contribution in [0.1, 0.15) is 0 Å². The van der Waals surface area contributed by atoms with E-state index in [4.69, 9.17) is 15.2 Å². The Hall–Kier alpha value is 0.570. The molecule has 0 bridgehead atoms. The Morgan fingerprint density at radius 2 is 2.25 bits per heavy atom. The number of nitrogens with zero attached hydrogens (tertiary/aromatic N) is 1. The number of methoxy groups -OCH3 is 1. The fraction of sp³-hybridized carbons (Fsp3) is 1.00. The Morgan fingerprint density at radius 1 is 1.50 bits per heavy atom. The van der Waals surface area contributed by atoms with Gasteiger partial charge in [-0.15, -0.1) is 0 Å². The second-order valence-corrected chi connectivity index (χ2v) is 4.26. The number of hydrogen-bond acceptors (Lipinski definition) is 4. The first-order chi connectivity index (χ1) is 5.74. The molecule has 1 fully saturated rings. The number of rotatable bonds is 4. The van der Waals surface area contributed by atoms with Crippen molar-refractivity contribution >= 4 is 22.9 Å². The van der Waals surface area contributed by atoms with Crippen LogP contribution in [0, 0.1) is 0 Å². The van der Waals surface area contributed by atoms with Gasteiger partial charge in [0.2, 0.25) is 0 Å². The first-order valence-electron chi connectivity index (χ1n) is 4.01. The van der Waals surface area contributed by atoms with Crippen molar-refractivity contribution in [3.8, 4) is 0 Å². The van der Waals surface area contributed by atoms with E-state index >= 15 is 0 Å². The van der Waals surface area contributed by atoms with Crippen LogP contribution in [-0.4, -0.2) is 48.7 Å². The van der Waals surface area contributed by atoms with Crippen LogP contribution in [0.2, 0.25) is 0 Å². The molecule has 72 valence electrons. The molecule has 0 aliphatic carbocycles. The lowest BCUT2D eigenvalue weighted by atomic mass is 10.2. The Bertz CT molecular complexity index is 137. The van der Waals surface area contributed by atoms with E-state index in [1.54, 1.807) is 7.11 Å². The molecular formula is C7H15IN2O2. The topological polar surface area (TPSA) is 47.7 Å². The lowest BCUT2D eigenvalue weighted by Gasteiger charge is -2.14. The van der Waals surface area contributed by atoms with Crippen molar-refractivity contribution < 1.29 is 9.47 Å². The fourth-order valence-corrected chi connectivity index (χ4v) is 2.05. The Kier molecular flexibility index (Phi) is 4.73. The predicted octanol–water partition coefficient (Wildman–Crippen LogP) is 0.0109. The SMILES string of the molecule is COCCOC1CN(I)CC1N. The van der Waals surface area contributed by atoms with E-state index in [1.165, 1.54) is 0 Å². The summed E-state index contributed by atoms with van der Waals surface area (Å²) in [5.41, 5.74) is 5.84. The molecule has 12 heavy (non-hydrogen) atoms. The average Bonchev–Trinajstić information content (AvgIpc) is 2.31. The van der Waals surface area contributed by atoms with Crippen LogP contribution in [-0.2, 0) is 9.47 Å². The molecule has 1 rings (SSSR count). The maximum absolute atomic E-state index is 5.84. The van der Waals surface area contributed by atoms with Crippen molar-refractivity contribution in [2.24, 2.45) is 5.73 Å². The predicted molar refractivity (Wildman–Crippen MR) is 55.2 cm³/mol. The highest BCUT2D eigenvalue weighted by Gasteiger charge is 2.29. The minimum atomic E-state index is 0.152. The Morgan fingerprint density at radius 3 is 2.75 bits per heavy atom. The maximum atomic E-state index is 5.84. The largest absolute Gasteiger partial charge is 0.382 e. The van der Waals surface area contributed by atoms with Gasteiger partial charge in [-0.2, -0.15) is 0 Å². The summed E-state index contributed by atoms with van der Waals surface area (Å²) in [6.45, 7) is 3.12. The van der Waals surface area contributed by atoms with Crippen molar-refractivity contribution in [3.05, 3.63) is 0 Å². The molecule has 1 aliphatic heterocycles. The first kappa shape index (κ1) is 10.6. The molecule has 0 saturated carbocycles. The molecule has 1 heterocycles. The quantitative estimate of drug-likeness (QED) is 0.449. The third-order valence-corrected chi connectivity index (χ3v) is 2.67. The van der Waals surface area contributed by atoms with Crippen molar-refractivity contribution in [1.29, 1.82) is 0 Å². The van der Waals surface area contributed by atoms with Crippen LogP contribution < -0.4 is 5.73 Å². The summed E-state index contributed by atoms with van der Waals surface area (Å²) >= 11 is 2.27. The third-order valence-electron chi connectivity index (χ3n) is 1.88. The summed E-state index contributed by atoms with van der Waals surface area (Å²) < 4.78 is 12.6. The maximum Gasteiger partial charge on any atom is 0.0874 e. The van der Waals surface area contributed by atoms with Gasteiger partial charge in [0.05, 0.1) is 19.3 Å². The van der Waals surface area contributed by atoms with Crippen LogP contribution in [0.25, 0.3) is 0 Å². The zero-order valence-electron chi connectivity index (χ0n) is 7.20. The number of ether oxygens (including phenoxy) is 2. The van der Waals surface area contributed by atoms with Gasteiger partial charge in [0, 0.05) is 49.1 Å². The van der Waals surface area contributed by atoms with Gasteiger partial charge in [-0.1, -0.05) is 0 Å². The van der Waals surface area contributed by atoms with Crippen LogP contribution in [0.4, 0.5) is 0 Å². The summed E-state index contributed by atoms with van der Waals surface area (Å²) in [6, 6.07) is 0.152. The summed E-state index contributed by atoms with van der Waals surface area (Å²) in [6.07, 6.45) is 0.178. The van der Waals surface area contributed by atoms with E-state index in [9.17, 15) is 0 Å². The lowest BCUT2D eigenvalue weighted by molar-refractivity contribution is 0.0192. The minimum absolute atomic E-state index is 0.152. The highest BCUT2D eigenvalue weighted by molar-refractivity contribution is 14.1. The van der Waals surface area contributed by atoms with Gasteiger partial charge in [0.25, 0.3) is 0 Å². The molecule has 0 aromatic carbocycles. The molecule has 0 amide bonds. The number of halogens is 1. The molecule has 2 N–H and O–H groups in total. The van der Waals surface area contributed by atoms with Gasteiger partial charge >= 0.3 is 0 Å². The lowest BCUT2D eigenvalue weighted by Crippen LogP contribution is -2.35. The molecule has 0 spiro atoms. The van der Waals surface area contributed by atoms with Gasteiger partial charge < -0.3 is 15.2 Å². The molecule has 2 unspecified atom stereocenters. The number of nitrogens with two attached hydrogens (primary N) is 1. The highest BCUT2D eigenvalue weighted by Crippen LogP contribution is 2.15. The molecule has 5 heteroatoms. The van der Waals surface area contributed by atoms with Crippen molar-refractivity contribution in [2.45, 2.75) is 12.1 Å². The van der Waals surface area contributed by atoms with Crippen molar-refractivity contribution in [3.63, 3.8) is 0 Å².